The van der Waals surface area contributed by atoms with Gasteiger partial charge in [-0.25, -0.2) is 4.39 Å². The van der Waals surface area contributed by atoms with Gasteiger partial charge in [-0.3, -0.25) is 4.90 Å². The van der Waals surface area contributed by atoms with E-state index in [0.29, 0.717) is 25.3 Å². The van der Waals surface area contributed by atoms with E-state index in [1.54, 1.807) is 0 Å². The molecule has 0 aliphatic carbocycles. The third-order valence-corrected chi connectivity index (χ3v) is 3.66. The van der Waals surface area contributed by atoms with Gasteiger partial charge in [0, 0.05) is 19.1 Å². The summed E-state index contributed by atoms with van der Waals surface area (Å²) in [5, 5.41) is 0. The van der Waals surface area contributed by atoms with Crippen LogP contribution < -0.4 is 10.2 Å². The highest BCUT2D eigenvalue weighted by Gasteiger charge is 2.27. The quantitative estimate of drug-likeness (QED) is 0.614. The molecule has 0 N–H and O–H groups in total. The molecule has 1 aromatic carbocycles. The van der Waals surface area contributed by atoms with Crippen molar-refractivity contribution in [1.82, 2.24) is 4.90 Å². The minimum Gasteiger partial charge on any atom is -0.488 e. The summed E-state index contributed by atoms with van der Waals surface area (Å²) in [6.45, 7) is 0.896. The number of ether oxygens (including phenoxy) is 2. The summed E-state index contributed by atoms with van der Waals surface area (Å²) < 4.78 is 62.4. The van der Waals surface area contributed by atoms with Crippen LogP contribution in [0.2, 0.25) is 0 Å². The molecule has 0 spiro atoms. The summed E-state index contributed by atoms with van der Waals surface area (Å²) in [5.74, 6) is -1.19. The Morgan fingerprint density at radius 2 is 2.09 bits per heavy atom. The Morgan fingerprint density at radius 3 is 2.73 bits per heavy atom. The molecule has 3 nitrogen and oxygen atoms in total. The Hall–Kier alpha value is -1.28. The first-order valence-corrected chi connectivity index (χ1v) is 7.25. The molecule has 0 radical (unpaired) electrons. The molecule has 0 saturated carbocycles. The van der Waals surface area contributed by atoms with Crippen molar-refractivity contribution in [3.05, 3.63) is 24.0 Å². The largest absolute Gasteiger partial charge is 0.509 e. The predicted octanol–water partition coefficient (Wildman–Crippen LogP) is 2.37. The first-order valence-electron chi connectivity index (χ1n) is 7.25. The Bertz CT molecular complexity index is 510. The number of nitrogens with zero attached hydrogens (tertiary/aromatic N) is 1. The van der Waals surface area contributed by atoms with E-state index < -0.39 is 18.3 Å². The average molecular weight is 320 g/mol. The SMILES string of the molecule is CC(C)N1CCOC(COc2cc([B-](F)(F)F)ccc2F)C1. The minimum atomic E-state index is -5.18. The molecular weight excluding hydrogens is 301 g/mol. The van der Waals surface area contributed by atoms with Crippen LogP contribution in [0.4, 0.5) is 17.3 Å². The third-order valence-electron chi connectivity index (χ3n) is 3.66. The Labute approximate surface area is 127 Å². The summed E-state index contributed by atoms with van der Waals surface area (Å²) in [5.41, 5.74) is -0.871. The number of halogens is 4. The predicted molar refractivity (Wildman–Crippen MR) is 77.1 cm³/mol. The van der Waals surface area contributed by atoms with Crippen LogP contribution in [-0.2, 0) is 4.74 Å². The molecular formula is C14H19BF4NO2-. The molecule has 1 aliphatic heterocycles. The zero-order chi connectivity index (χ0) is 16.3. The Balaban J connectivity index is 1.99. The molecule has 1 atom stereocenters. The van der Waals surface area contributed by atoms with E-state index in [1.165, 1.54) is 0 Å². The summed E-state index contributed by atoms with van der Waals surface area (Å²) in [6, 6.07) is 2.56. The summed E-state index contributed by atoms with van der Waals surface area (Å²) in [4.78, 5) is 2.18. The highest BCUT2D eigenvalue weighted by atomic mass is 19.4. The molecule has 1 aliphatic rings. The second-order valence-corrected chi connectivity index (χ2v) is 5.66. The van der Waals surface area contributed by atoms with Crippen molar-refractivity contribution < 1.29 is 26.8 Å². The topological polar surface area (TPSA) is 21.7 Å². The maximum absolute atomic E-state index is 13.6. The van der Waals surface area contributed by atoms with Crippen LogP contribution in [0, 0.1) is 5.82 Å². The molecule has 8 heteroatoms. The van der Waals surface area contributed by atoms with Crippen molar-refractivity contribution in [2.75, 3.05) is 26.3 Å². The zero-order valence-electron chi connectivity index (χ0n) is 12.6. The third kappa shape index (κ3) is 4.36. The Kier molecular flexibility index (Phi) is 5.34. The molecule has 1 heterocycles. The Morgan fingerprint density at radius 1 is 1.36 bits per heavy atom. The van der Waals surface area contributed by atoms with Gasteiger partial charge < -0.3 is 22.4 Å². The second-order valence-electron chi connectivity index (χ2n) is 5.66. The van der Waals surface area contributed by atoms with Gasteiger partial charge in [0.15, 0.2) is 11.6 Å². The maximum Gasteiger partial charge on any atom is 0.509 e. The molecule has 0 bridgehead atoms. The lowest BCUT2D eigenvalue weighted by Gasteiger charge is -2.35. The van der Waals surface area contributed by atoms with Gasteiger partial charge in [0.2, 0.25) is 0 Å². The monoisotopic (exact) mass is 320 g/mol. The van der Waals surface area contributed by atoms with Gasteiger partial charge in [-0.05, 0) is 26.0 Å². The van der Waals surface area contributed by atoms with Crippen molar-refractivity contribution in [1.29, 1.82) is 0 Å². The number of hydrogen-bond donors (Lipinski definition) is 0. The van der Waals surface area contributed by atoms with Gasteiger partial charge in [0.25, 0.3) is 0 Å². The molecule has 1 fully saturated rings. The first-order chi connectivity index (χ1) is 10.3. The fourth-order valence-electron chi connectivity index (χ4n) is 2.33. The van der Waals surface area contributed by atoms with Crippen molar-refractivity contribution in [2.45, 2.75) is 26.0 Å². The van der Waals surface area contributed by atoms with E-state index in [0.717, 1.165) is 18.7 Å². The molecule has 1 aromatic rings. The number of rotatable bonds is 5. The van der Waals surface area contributed by atoms with Crippen LogP contribution >= 0.6 is 0 Å². The van der Waals surface area contributed by atoms with Crippen LogP contribution in [0.1, 0.15) is 13.8 Å². The highest BCUT2D eigenvalue weighted by molar-refractivity contribution is 6.73. The van der Waals surface area contributed by atoms with Crippen LogP contribution in [0.15, 0.2) is 18.2 Å². The normalized spacial score (nSPS) is 20.4. The van der Waals surface area contributed by atoms with E-state index in [2.05, 4.69) is 18.7 Å². The van der Waals surface area contributed by atoms with Gasteiger partial charge in [-0.1, -0.05) is 6.07 Å². The fraction of sp³-hybridized carbons (Fsp3) is 0.571. The van der Waals surface area contributed by atoms with E-state index >= 15 is 0 Å². The molecule has 0 aromatic heterocycles. The van der Waals surface area contributed by atoms with Gasteiger partial charge in [0.05, 0.1) is 6.61 Å². The van der Waals surface area contributed by atoms with Gasteiger partial charge in [-0.2, -0.15) is 0 Å². The van der Waals surface area contributed by atoms with Gasteiger partial charge in [-0.15, -0.1) is 5.46 Å². The molecule has 0 amide bonds. The van der Waals surface area contributed by atoms with E-state index in [9.17, 15) is 17.3 Å². The lowest BCUT2D eigenvalue weighted by atomic mass is 9.80. The first kappa shape index (κ1) is 17.1. The summed E-state index contributed by atoms with van der Waals surface area (Å²) in [6.07, 6.45) is -0.282. The number of morpholine rings is 1. The van der Waals surface area contributed by atoms with Crippen LogP contribution in [-0.4, -0.2) is 50.3 Å². The van der Waals surface area contributed by atoms with E-state index in [1.807, 2.05) is 0 Å². The van der Waals surface area contributed by atoms with E-state index in [-0.39, 0.29) is 18.5 Å². The number of hydrogen-bond acceptors (Lipinski definition) is 3. The summed E-state index contributed by atoms with van der Waals surface area (Å²) in [7, 11) is 0. The molecule has 1 saturated heterocycles. The summed E-state index contributed by atoms with van der Waals surface area (Å²) >= 11 is 0. The fourth-order valence-corrected chi connectivity index (χ4v) is 2.33. The van der Waals surface area contributed by atoms with E-state index in [4.69, 9.17) is 9.47 Å². The van der Waals surface area contributed by atoms with Crippen LogP contribution in [0.25, 0.3) is 0 Å². The van der Waals surface area contributed by atoms with Crippen molar-refractivity contribution in [3.8, 4) is 5.75 Å². The number of benzene rings is 1. The molecule has 2 rings (SSSR count). The standard InChI is InChI=1S/C14H19BF4NO2/c1-10(2)20-5-6-21-12(8-20)9-22-14-7-11(15(17,18)19)3-4-13(14)16/h3-4,7,10,12H,5-6,8-9H2,1-2H3/q-1. The van der Waals surface area contributed by atoms with Gasteiger partial charge >= 0.3 is 6.98 Å². The minimum absolute atomic E-state index is 0.0223. The van der Waals surface area contributed by atoms with Crippen LogP contribution in [0.5, 0.6) is 5.75 Å². The van der Waals surface area contributed by atoms with Crippen LogP contribution in [0.3, 0.4) is 0 Å². The van der Waals surface area contributed by atoms with Gasteiger partial charge in [0.1, 0.15) is 12.7 Å². The molecule has 124 valence electrons. The lowest BCUT2D eigenvalue weighted by molar-refractivity contribution is -0.0568. The second kappa shape index (κ2) is 6.87. The maximum atomic E-state index is 13.6. The van der Waals surface area contributed by atoms with Crippen molar-refractivity contribution >= 4 is 12.4 Å². The average Bonchev–Trinajstić information content (AvgIpc) is 2.45. The highest BCUT2D eigenvalue weighted by Crippen LogP contribution is 2.19. The lowest BCUT2D eigenvalue weighted by Crippen LogP contribution is -2.47. The molecule has 1 unspecified atom stereocenters. The smallest absolute Gasteiger partial charge is 0.488 e. The molecule has 22 heavy (non-hydrogen) atoms. The van der Waals surface area contributed by atoms with Crippen molar-refractivity contribution in [3.63, 3.8) is 0 Å². The zero-order valence-corrected chi connectivity index (χ0v) is 12.6. The van der Waals surface area contributed by atoms with Crippen molar-refractivity contribution in [2.24, 2.45) is 0 Å².